The first-order valence-corrected chi connectivity index (χ1v) is 8.65. The van der Waals surface area contributed by atoms with Gasteiger partial charge < -0.3 is 10.8 Å². The smallest absolute Gasteiger partial charge is 0.0648 e. The first-order chi connectivity index (χ1) is 9.72. The van der Waals surface area contributed by atoms with Crippen LogP contribution in [0.25, 0.3) is 0 Å². The second kappa shape index (κ2) is 8.16. The van der Waals surface area contributed by atoms with Gasteiger partial charge in [0.25, 0.3) is 0 Å². The van der Waals surface area contributed by atoms with Crippen LogP contribution in [-0.4, -0.2) is 17.8 Å². The molecule has 1 aliphatic carbocycles. The van der Waals surface area contributed by atoms with Gasteiger partial charge in [0.15, 0.2) is 0 Å². The lowest BCUT2D eigenvalue weighted by molar-refractivity contribution is 0.0679. The molecule has 0 aromatic heterocycles. The summed E-state index contributed by atoms with van der Waals surface area (Å²) in [7, 11) is 0. The molecule has 0 heterocycles. The monoisotopic (exact) mass is 339 g/mol. The van der Waals surface area contributed by atoms with Crippen molar-refractivity contribution in [2.75, 3.05) is 6.54 Å². The fourth-order valence-electron chi connectivity index (χ4n) is 3.37. The van der Waals surface area contributed by atoms with Crippen LogP contribution >= 0.6 is 15.9 Å². The lowest BCUT2D eigenvalue weighted by Crippen LogP contribution is -2.33. The van der Waals surface area contributed by atoms with Crippen molar-refractivity contribution in [3.63, 3.8) is 0 Å². The van der Waals surface area contributed by atoms with Crippen LogP contribution in [0.5, 0.6) is 0 Å². The van der Waals surface area contributed by atoms with Crippen molar-refractivity contribution < 1.29 is 5.11 Å². The minimum absolute atomic E-state index is 0.0527. The topological polar surface area (TPSA) is 46.2 Å². The molecule has 2 atom stereocenters. The molecule has 3 N–H and O–H groups in total. The third kappa shape index (κ3) is 4.31. The first-order valence-electron chi connectivity index (χ1n) is 7.86. The van der Waals surface area contributed by atoms with Gasteiger partial charge in [-0.3, -0.25) is 0 Å². The molecule has 0 amide bonds. The summed E-state index contributed by atoms with van der Waals surface area (Å²) in [5.74, 6) is 0.458. The van der Waals surface area contributed by atoms with Gasteiger partial charge >= 0.3 is 0 Å². The SMILES string of the molecule is NCC(c1cccc(Br)c1)C(O)C1CCCCCCC1. The maximum Gasteiger partial charge on any atom is 0.0648 e. The van der Waals surface area contributed by atoms with E-state index in [0.29, 0.717) is 12.5 Å². The molecule has 112 valence electrons. The van der Waals surface area contributed by atoms with Crippen molar-refractivity contribution in [2.45, 2.75) is 57.0 Å². The van der Waals surface area contributed by atoms with E-state index in [4.69, 9.17) is 5.73 Å². The van der Waals surface area contributed by atoms with Crippen LogP contribution < -0.4 is 5.73 Å². The number of hydrogen-bond donors (Lipinski definition) is 2. The second-order valence-electron chi connectivity index (χ2n) is 5.99. The van der Waals surface area contributed by atoms with Gasteiger partial charge in [-0.15, -0.1) is 0 Å². The Hall–Kier alpha value is -0.380. The van der Waals surface area contributed by atoms with Gasteiger partial charge in [-0.1, -0.05) is 60.2 Å². The fraction of sp³-hybridized carbons (Fsp3) is 0.647. The summed E-state index contributed by atoms with van der Waals surface area (Å²) < 4.78 is 1.05. The molecule has 2 unspecified atom stereocenters. The molecule has 1 aliphatic rings. The summed E-state index contributed by atoms with van der Waals surface area (Å²) in [5, 5.41) is 10.8. The normalized spacial score (nSPS) is 20.9. The second-order valence-corrected chi connectivity index (χ2v) is 6.91. The lowest BCUT2D eigenvalue weighted by atomic mass is 9.79. The van der Waals surface area contributed by atoms with Crippen LogP contribution in [-0.2, 0) is 0 Å². The average molecular weight is 340 g/mol. The third-order valence-electron chi connectivity index (χ3n) is 4.58. The number of nitrogens with two attached hydrogens (primary N) is 1. The molecule has 2 rings (SSSR count). The van der Waals surface area contributed by atoms with Gasteiger partial charge in [0.05, 0.1) is 6.10 Å². The van der Waals surface area contributed by atoms with E-state index in [-0.39, 0.29) is 12.0 Å². The summed E-state index contributed by atoms with van der Waals surface area (Å²) in [6.07, 6.45) is 8.45. The number of aliphatic hydroxyl groups is 1. The Bertz CT molecular complexity index is 402. The summed E-state index contributed by atoms with van der Waals surface area (Å²) in [5.41, 5.74) is 7.11. The summed E-state index contributed by atoms with van der Waals surface area (Å²) in [4.78, 5) is 0. The zero-order valence-electron chi connectivity index (χ0n) is 12.1. The predicted molar refractivity (Wildman–Crippen MR) is 87.8 cm³/mol. The quantitative estimate of drug-likeness (QED) is 0.862. The van der Waals surface area contributed by atoms with Crippen molar-refractivity contribution in [1.82, 2.24) is 0 Å². The standard InChI is InChI=1S/C17H26BrNO/c18-15-10-6-9-14(11-15)16(12-19)17(20)13-7-4-2-1-3-5-8-13/h6,9-11,13,16-17,20H,1-5,7-8,12,19H2. The van der Waals surface area contributed by atoms with E-state index in [9.17, 15) is 5.11 Å². The molecule has 0 saturated heterocycles. The van der Waals surface area contributed by atoms with E-state index < -0.39 is 0 Å². The molecule has 0 radical (unpaired) electrons. The highest BCUT2D eigenvalue weighted by atomic mass is 79.9. The van der Waals surface area contributed by atoms with Crippen molar-refractivity contribution in [3.8, 4) is 0 Å². The number of halogens is 1. The maximum absolute atomic E-state index is 10.8. The highest BCUT2D eigenvalue weighted by Crippen LogP contribution is 2.32. The molecule has 3 heteroatoms. The van der Waals surface area contributed by atoms with Gasteiger partial charge in [0.1, 0.15) is 0 Å². The number of rotatable bonds is 4. The van der Waals surface area contributed by atoms with Gasteiger partial charge in [0.2, 0.25) is 0 Å². The Morgan fingerprint density at radius 3 is 2.40 bits per heavy atom. The minimum atomic E-state index is -0.313. The molecule has 0 bridgehead atoms. The summed E-state index contributed by atoms with van der Waals surface area (Å²) in [6.45, 7) is 0.508. The van der Waals surface area contributed by atoms with Crippen LogP contribution in [0.15, 0.2) is 28.7 Å². The molecule has 2 nitrogen and oxygen atoms in total. The molecular weight excluding hydrogens is 314 g/mol. The third-order valence-corrected chi connectivity index (χ3v) is 5.07. The van der Waals surface area contributed by atoms with Crippen LogP contribution in [0.4, 0.5) is 0 Å². The zero-order chi connectivity index (χ0) is 14.4. The van der Waals surface area contributed by atoms with E-state index in [1.807, 2.05) is 12.1 Å². The Kier molecular flexibility index (Phi) is 6.53. The highest BCUT2D eigenvalue weighted by molar-refractivity contribution is 9.10. The molecule has 1 aromatic rings. The van der Waals surface area contributed by atoms with Gasteiger partial charge in [0, 0.05) is 16.9 Å². The number of hydrogen-bond acceptors (Lipinski definition) is 2. The van der Waals surface area contributed by atoms with E-state index >= 15 is 0 Å². The maximum atomic E-state index is 10.8. The van der Waals surface area contributed by atoms with E-state index in [1.54, 1.807) is 0 Å². The van der Waals surface area contributed by atoms with E-state index in [0.717, 1.165) is 22.9 Å². The highest BCUT2D eigenvalue weighted by Gasteiger charge is 2.28. The number of benzene rings is 1. The fourth-order valence-corrected chi connectivity index (χ4v) is 3.78. The minimum Gasteiger partial charge on any atom is -0.392 e. The van der Waals surface area contributed by atoms with E-state index in [2.05, 4.69) is 28.1 Å². The van der Waals surface area contributed by atoms with Crippen LogP contribution in [0.2, 0.25) is 0 Å². The van der Waals surface area contributed by atoms with Crippen molar-refractivity contribution in [2.24, 2.45) is 11.7 Å². The molecule has 0 spiro atoms. The zero-order valence-corrected chi connectivity index (χ0v) is 13.7. The Labute approximate surface area is 130 Å². The van der Waals surface area contributed by atoms with Gasteiger partial charge in [-0.2, -0.15) is 0 Å². The Balaban J connectivity index is 2.08. The summed E-state index contributed by atoms with van der Waals surface area (Å²) >= 11 is 3.51. The van der Waals surface area contributed by atoms with Crippen molar-refractivity contribution in [3.05, 3.63) is 34.3 Å². The van der Waals surface area contributed by atoms with Crippen molar-refractivity contribution >= 4 is 15.9 Å². The van der Waals surface area contributed by atoms with Crippen LogP contribution in [0, 0.1) is 5.92 Å². The molecule has 0 aliphatic heterocycles. The number of aliphatic hydroxyl groups excluding tert-OH is 1. The summed E-state index contributed by atoms with van der Waals surface area (Å²) in [6, 6.07) is 8.20. The van der Waals surface area contributed by atoms with Crippen LogP contribution in [0.3, 0.4) is 0 Å². The Morgan fingerprint density at radius 1 is 1.15 bits per heavy atom. The largest absolute Gasteiger partial charge is 0.392 e. The van der Waals surface area contributed by atoms with Gasteiger partial charge in [-0.05, 0) is 36.5 Å². The van der Waals surface area contributed by atoms with Crippen LogP contribution in [0.1, 0.15) is 56.4 Å². The molecule has 20 heavy (non-hydrogen) atoms. The molecule has 1 fully saturated rings. The van der Waals surface area contributed by atoms with E-state index in [1.165, 1.54) is 32.1 Å². The molecule has 1 aromatic carbocycles. The molecule has 1 saturated carbocycles. The average Bonchev–Trinajstić information content (AvgIpc) is 2.39. The Morgan fingerprint density at radius 2 is 1.80 bits per heavy atom. The molecular formula is C17H26BrNO. The van der Waals surface area contributed by atoms with Gasteiger partial charge in [-0.25, -0.2) is 0 Å². The first kappa shape index (κ1) is 16.0. The lowest BCUT2D eigenvalue weighted by Gasteiger charge is -2.31. The van der Waals surface area contributed by atoms with Crippen molar-refractivity contribution in [1.29, 1.82) is 0 Å². The predicted octanol–water partition coefficient (Wildman–Crippen LogP) is 4.21.